The van der Waals surface area contributed by atoms with Gasteiger partial charge in [0.25, 0.3) is 0 Å². The predicted octanol–water partition coefficient (Wildman–Crippen LogP) is 3.08. The van der Waals surface area contributed by atoms with Crippen LogP contribution in [0, 0.1) is 5.92 Å². The minimum atomic E-state index is 0.571. The molecule has 1 aromatic rings. The molecule has 0 spiro atoms. The molecule has 0 radical (unpaired) electrons. The largest absolute Gasteiger partial charge is 0.367 e. The van der Waals surface area contributed by atoms with Crippen LogP contribution in [-0.4, -0.2) is 19.1 Å². The van der Waals surface area contributed by atoms with E-state index in [1.807, 2.05) is 12.1 Å². The van der Waals surface area contributed by atoms with E-state index in [-0.39, 0.29) is 0 Å². The number of nitrogens with two attached hydrogens (primary N) is 1. The Kier molecular flexibility index (Phi) is 3.95. The quantitative estimate of drug-likeness (QED) is 0.896. The van der Waals surface area contributed by atoms with E-state index in [2.05, 4.69) is 24.8 Å². The molecule has 1 aromatic carbocycles. The molecule has 0 aliphatic carbocycles. The van der Waals surface area contributed by atoms with Gasteiger partial charge in [-0.2, -0.15) is 0 Å². The Morgan fingerprint density at radius 1 is 1.41 bits per heavy atom. The molecule has 1 heterocycles. The standard InChI is InChI=1S/C14H21ClN2/c1-10-8-11(2)17(9-10)14-12(6-7-16)4-3-5-13(14)15/h3-5,10-11H,6-9,16H2,1-2H3. The molecule has 17 heavy (non-hydrogen) atoms. The van der Waals surface area contributed by atoms with Gasteiger partial charge >= 0.3 is 0 Å². The molecule has 0 saturated carbocycles. The number of benzene rings is 1. The van der Waals surface area contributed by atoms with Gasteiger partial charge in [0.2, 0.25) is 0 Å². The molecule has 0 amide bonds. The Bertz CT molecular complexity index is 392. The number of para-hydroxylation sites is 1. The number of hydrogen-bond donors (Lipinski definition) is 1. The van der Waals surface area contributed by atoms with Crippen molar-refractivity contribution in [3.63, 3.8) is 0 Å². The van der Waals surface area contributed by atoms with Gasteiger partial charge in [-0.05, 0) is 43.9 Å². The Labute approximate surface area is 109 Å². The van der Waals surface area contributed by atoms with E-state index in [0.717, 1.165) is 23.9 Å². The summed E-state index contributed by atoms with van der Waals surface area (Å²) in [6.45, 7) is 6.35. The first-order chi connectivity index (χ1) is 8.13. The number of hydrogen-bond acceptors (Lipinski definition) is 2. The van der Waals surface area contributed by atoms with Gasteiger partial charge in [-0.3, -0.25) is 0 Å². The highest BCUT2D eigenvalue weighted by molar-refractivity contribution is 6.33. The molecule has 3 heteroatoms. The van der Waals surface area contributed by atoms with Crippen LogP contribution in [0.1, 0.15) is 25.8 Å². The highest BCUT2D eigenvalue weighted by atomic mass is 35.5. The van der Waals surface area contributed by atoms with Crippen LogP contribution in [0.5, 0.6) is 0 Å². The van der Waals surface area contributed by atoms with E-state index in [4.69, 9.17) is 17.3 Å². The maximum Gasteiger partial charge on any atom is 0.0642 e. The third-order valence-corrected chi connectivity index (χ3v) is 3.86. The van der Waals surface area contributed by atoms with Crippen LogP contribution in [0.15, 0.2) is 18.2 Å². The Morgan fingerprint density at radius 3 is 2.76 bits per heavy atom. The monoisotopic (exact) mass is 252 g/mol. The lowest BCUT2D eigenvalue weighted by Crippen LogP contribution is -2.28. The smallest absolute Gasteiger partial charge is 0.0642 e. The van der Waals surface area contributed by atoms with Gasteiger partial charge in [0.05, 0.1) is 10.7 Å². The highest BCUT2D eigenvalue weighted by Crippen LogP contribution is 2.36. The van der Waals surface area contributed by atoms with E-state index in [0.29, 0.717) is 12.6 Å². The summed E-state index contributed by atoms with van der Waals surface area (Å²) in [5.74, 6) is 0.743. The molecule has 1 aliphatic rings. The molecule has 1 aliphatic heterocycles. The van der Waals surface area contributed by atoms with Crippen LogP contribution < -0.4 is 10.6 Å². The summed E-state index contributed by atoms with van der Waals surface area (Å²) in [7, 11) is 0. The van der Waals surface area contributed by atoms with Gasteiger partial charge in [-0.1, -0.05) is 30.7 Å². The number of nitrogens with zero attached hydrogens (tertiary/aromatic N) is 1. The van der Waals surface area contributed by atoms with Crippen molar-refractivity contribution in [2.75, 3.05) is 18.0 Å². The fourth-order valence-electron chi connectivity index (χ4n) is 2.85. The first-order valence-electron chi connectivity index (χ1n) is 6.37. The highest BCUT2D eigenvalue weighted by Gasteiger charge is 2.28. The Balaban J connectivity index is 2.36. The molecule has 2 N–H and O–H groups in total. The molecule has 1 fully saturated rings. The van der Waals surface area contributed by atoms with Crippen molar-refractivity contribution in [3.8, 4) is 0 Å². The van der Waals surface area contributed by atoms with Crippen molar-refractivity contribution < 1.29 is 0 Å². The molecular formula is C14H21ClN2. The average molecular weight is 253 g/mol. The van der Waals surface area contributed by atoms with E-state index in [9.17, 15) is 0 Å². The van der Waals surface area contributed by atoms with Gasteiger partial charge in [-0.15, -0.1) is 0 Å². The van der Waals surface area contributed by atoms with E-state index < -0.39 is 0 Å². The summed E-state index contributed by atoms with van der Waals surface area (Å²) < 4.78 is 0. The van der Waals surface area contributed by atoms with E-state index >= 15 is 0 Å². The third kappa shape index (κ3) is 2.58. The average Bonchev–Trinajstić information content (AvgIpc) is 2.58. The van der Waals surface area contributed by atoms with Crippen LogP contribution in [0.4, 0.5) is 5.69 Å². The molecule has 2 unspecified atom stereocenters. The molecule has 0 aromatic heterocycles. The fourth-order valence-corrected chi connectivity index (χ4v) is 3.15. The fraction of sp³-hybridized carbons (Fsp3) is 0.571. The van der Waals surface area contributed by atoms with Crippen molar-refractivity contribution in [1.29, 1.82) is 0 Å². The summed E-state index contributed by atoms with van der Waals surface area (Å²) in [5.41, 5.74) is 8.16. The van der Waals surface area contributed by atoms with Gasteiger partial charge in [0.15, 0.2) is 0 Å². The molecule has 1 saturated heterocycles. The maximum atomic E-state index is 6.38. The third-order valence-electron chi connectivity index (χ3n) is 3.56. The minimum Gasteiger partial charge on any atom is -0.367 e. The van der Waals surface area contributed by atoms with E-state index in [1.54, 1.807) is 0 Å². The molecule has 2 rings (SSSR count). The van der Waals surface area contributed by atoms with Crippen molar-refractivity contribution in [3.05, 3.63) is 28.8 Å². The Hall–Kier alpha value is -0.730. The molecule has 94 valence electrons. The van der Waals surface area contributed by atoms with Crippen LogP contribution in [0.2, 0.25) is 5.02 Å². The van der Waals surface area contributed by atoms with Crippen LogP contribution in [0.25, 0.3) is 0 Å². The number of halogens is 1. The summed E-state index contributed by atoms with van der Waals surface area (Å²) in [5, 5.41) is 0.858. The second-order valence-electron chi connectivity index (χ2n) is 5.13. The Morgan fingerprint density at radius 2 is 2.18 bits per heavy atom. The van der Waals surface area contributed by atoms with Crippen molar-refractivity contribution >= 4 is 17.3 Å². The summed E-state index contributed by atoms with van der Waals surface area (Å²) in [4.78, 5) is 2.44. The van der Waals surface area contributed by atoms with Gasteiger partial charge < -0.3 is 10.6 Å². The zero-order valence-electron chi connectivity index (χ0n) is 10.6. The maximum absolute atomic E-state index is 6.38. The molecule has 0 bridgehead atoms. The molecule has 2 nitrogen and oxygen atoms in total. The lowest BCUT2D eigenvalue weighted by molar-refractivity contribution is 0.625. The SMILES string of the molecule is CC1CC(C)N(c2c(Cl)cccc2CCN)C1. The van der Waals surface area contributed by atoms with Crippen molar-refractivity contribution in [2.45, 2.75) is 32.7 Å². The summed E-state index contributed by atoms with van der Waals surface area (Å²) >= 11 is 6.38. The van der Waals surface area contributed by atoms with E-state index in [1.165, 1.54) is 17.7 Å². The topological polar surface area (TPSA) is 29.3 Å². The predicted molar refractivity (Wildman–Crippen MR) is 74.8 cm³/mol. The summed E-state index contributed by atoms with van der Waals surface area (Å²) in [6, 6.07) is 6.71. The second kappa shape index (κ2) is 5.28. The van der Waals surface area contributed by atoms with Gasteiger partial charge in [0.1, 0.15) is 0 Å². The number of rotatable bonds is 3. The first kappa shape index (κ1) is 12.7. The zero-order valence-corrected chi connectivity index (χ0v) is 11.4. The first-order valence-corrected chi connectivity index (χ1v) is 6.75. The minimum absolute atomic E-state index is 0.571. The van der Waals surface area contributed by atoms with Gasteiger partial charge in [0, 0.05) is 12.6 Å². The lowest BCUT2D eigenvalue weighted by atomic mass is 10.1. The number of anilines is 1. The molecular weight excluding hydrogens is 232 g/mol. The van der Waals surface area contributed by atoms with Gasteiger partial charge in [-0.25, -0.2) is 0 Å². The zero-order chi connectivity index (χ0) is 12.4. The second-order valence-corrected chi connectivity index (χ2v) is 5.54. The van der Waals surface area contributed by atoms with Crippen molar-refractivity contribution in [1.82, 2.24) is 0 Å². The normalized spacial score (nSPS) is 24.4. The lowest BCUT2D eigenvalue weighted by Gasteiger charge is -2.27. The van der Waals surface area contributed by atoms with Crippen LogP contribution in [-0.2, 0) is 6.42 Å². The summed E-state index contributed by atoms with van der Waals surface area (Å²) in [6.07, 6.45) is 2.14. The van der Waals surface area contributed by atoms with Crippen LogP contribution >= 0.6 is 11.6 Å². The molecule has 2 atom stereocenters. The van der Waals surface area contributed by atoms with Crippen LogP contribution in [0.3, 0.4) is 0 Å². The van der Waals surface area contributed by atoms with Crippen molar-refractivity contribution in [2.24, 2.45) is 11.7 Å².